The first-order valence-electron chi connectivity index (χ1n) is 12.1. The zero-order valence-electron chi connectivity index (χ0n) is 21.7. The summed E-state index contributed by atoms with van der Waals surface area (Å²) in [5.74, 6) is -1.74. The standard InChI is InChI=1S/C29H30N4O5/c1-17-14-20(10-11-21(17)27(34)32-38-13-12-33(3)4)30-26(19-8-6-5-7-9-19)25-23-15-18(2)22(29(36)37)16-24(23)31-28(25)35/h5-11,14-16,30H,12-13H2,1-4H3,(H,31,35)(H,32,34)(H,36,37)/b26-25-. The predicted octanol–water partition coefficient (Wildman–Crippen LogP) is 4.16. The molecule has 38 heavy (non-hydrogen) atoms. The number of benzene rings is 3. The SMILES string of the molecule is Cc1cc2c(cc1C(=O)O)NC(=O)/C2=C(\Nc1ccc(C(=O)NOCCN(C)C)c(C)c1)c1ccccc1. The highest BCUT2D eigenvalue weighted by Gasteiger charge is 2.30. The first-order chi connectivity index (χ1) is 18.2. The number of hydrogen-bond donors (Lipinski definition) is 4. The number of hydroxylamine groups is 1. The molecule has 0 spiro atoms. The lowest BCUT2D eigenvalue weighted by Crippen LogP contribution is -2.28. The molecule has 4 rings (SSSR count). The van der Waals surface area contributed by atoms with E-state index in [4.69, 9.17) is 4.84 Å². The molecule has 9 heteroatoms. The molecule has 4 N–H and O–H groups in total. The molecule has 0 saturated heterocycles. The molecule has 1 heterocycles. The van der Waals surface area contributed by atoms with Gasteiger partial charge in [0.2, 0.25) is 0 Å². The van der Waals surface area contributed by atoms with Crippen LogP contribution < -0.4 is 16.1 Å². The van der Waals surface area contributed by atoms with E-state index < -0.39 is 5.97 Å². The van der Waals surface area contributed by atoms with E-state index in [2.05, 4.69) is 16.1 Å². The molecular formula is C29H30N4O5. The predicted molar refractivity (Wildman–Crippen MR) is 147 cm³/mol. The highest BCUT2D eigenvalue weighted by Crippen LogP contribution is 2.39. The number of aryl methyl sites for hydroxylation is 2. The fourth-order valence-electron chi connectivity index (χ4n) is 4.23. The summed E-state index contributed by atoms with van der Waals surface area (Å²) in [5.41, 5.74) is 7.83. The maximum atomic E-state index is 13.2. The number of aromatic carboxylic acids is 1. The summed E-state index contributed by atoms with van der Waals surface area (Å²) in [6.07, 6.45) is 0. The second-order valence-corrected chi connectivity index (χ2v) is 9.33. The smallest absolute Gasteiger partial charge is 0.336 e. The van der Waals surface area contributed by atoms with Crippen molar-refractivity contribution in [3.63, 3.8) is 0 Å². The minimum atomic E-state index is -1.05. The molecule has 0 fully saturated rings. The average Bonchev–Trinajstić information content (AvgIpc) is 3.19. The van der Waals surface area contributed by atoms with Gasteiger partial charge in [-0.3, -0.25) is 14.4 Å². The lowest BCUT2D eigenvalue weighted by Gasteiger charge is -2.16. The van der Waals surface area contributed by atoms with Crippen LogP contribution in [0.4, 0.5) is 11.4 Å². The van der Waals surface area contributed by atoms with Crippen LogP contribution in [0, 0.1) is 13.8 Å². The number of nitrogens with one attached hydrogen (secondary N) is 3. The molecule has 9 nitrogen and oxygen atoms in total. The van der Waals surface area contributed by atoms with E-state index in [9.17, 15) is 19.5 Å². The van der Waals surface area contributed by atoms with E-state index in [0.29, 0.717) is 52.5 Å². The minimum absolute atomic E-state index is 0.134. The molecule has 1 aliphatic rings. The summed E-state index contributed by atoms with van der Waals surface area (Å²) in [6.45, 7) is 4.57. The zero-order valence-corrected chi connectivity index (χ0v) is 21.7. The number of amides is 2. The van der Waals surface area contributed by atoms with Crippen molar-refractivity contribution in [1.29, 1.82) is 0 Å². The highest BCUT2D eigenvalue weighted by molar-refractivity contribution is 6.37. The van der Waals surface area contributed by atoms with Gasteiger partial charge in [0.05, 0.1) is 29.1 Å². The van der Waals surface area contributed by atoms with Crippen LogP contribution in [0.2, 0.25) is 0 Å². The van der Waals surface area contributed by atoms with Crippen molar-refractivity contribution in [1.82, 2.24) is 10.4 Å². The van der Waals surface area contributed by atoms with Gasteiger partial charge in [0, 0.05) is 23.4 Å². The van der Waals surface area contributed by atoms with Crippen molar-refractivity contribution in [3.05, 3.63) is 94.0 Å². The number of carboxylic acids is 1. The van der Waals surface area contributed by atoms with E-state index in [0.717, 1.165) is 11.1 Å². The molecule has 2 amide bonds. The molecule has 0 atom stereocenters. The molecule has 0 saturated carbocycles. The van der Waals surface area contributed by atoms with Gasteiger partial charge in [-0.2, -0.15) is 0 Å². The Morgan fingerprint density at radius 3 is 2.34 bits per heavy atom. The largest absolute Gasteiger partial charge is 0.478 e. The van der Waals surface area contributed by atoms with Gasteiger partial charge < -0.3 is 20.6 Å². The summed E-state index contributed by atoms with van der Waals surface area (Å²) < 4.78 is 0. The van der Waals surface area contributed by atoms with E-state index in [1.807, 2.05) is 62.3 Å². The summed E-state index contributed by atoms with van der Waals surface area (Å²) in [6, 6.07) is 17.9. The second-order valence-electron chi connectivity index (χ2n) is 9.33. The number of nitrogens with zero attached hydrogens (tertiary/aromatic N) is 1. The fourth-order valence-corrected chi connectivity index (χ4v) is 4.23. The highest BCUT2D eigenvalue weighted by atomic mass is 16.6. The fraction of sp³-hybridized carbons (Fsp3) is 0.207. The number of carbonyl (C=O) groups is 3. The molecular weight excluding hydrogens is 484 g/mol. The van der Waals surface area contributed by atoms with Gasteiger partial charge in [-0.15, -0.1) is 0 Å². The first-order valence-corrected chi connectivity index (χ1v) is 12.1. The lowest BCUT2D eigenvalue weighted by molar-refractivity contribution is -0.110. The van der Waals surface area contributed by atoms with Gasteiger partial charge in [0.25, 0.3) is 11.8 Å². The van der Waals surface area contributed by atoms with Crippen molar-refractivity contribution in [2.45, 2.75) is 13.8 Å². The maximum absolute atomic E-state index is 13.2. The topological polar surface area (TPSA) is 120 Å². The first kappa shape index (κ1) is 26.6. The molecule has 0 aromatic heterocycles. The van der Waals surface area contributed by atoms with Crippen LogP contribution in [0.1, 0.15) is 43.0 Å². The summed E-state index contributed by atoms with van der Waals surface area (Å²) in [5, 5.41) is 15.7. The number of rotatable bonds is 9. The Balaban J connectivity index is 1.69. The van der Waals surface area contributed by atoms with Crippen LogP contribution in [0.25, 0.3) is 11.3 Å². The Morgan fingerprint density at radius 2 is 1.68 bits per heavy atom. The van der Waals surface area contributed by atoms with E-state index in [1.165, 1.54) is 6.07 Å². The van der Waals surface area contributed by atoms with Crippen molar-refractivity contribution in [3.8, 4) is 0 Å². The second kappa shape index (κ2) is 11.3. The Morgan fingerprint density at radius 1 is 0.974 bits per heavy atom. The van der Waals surface area contributed by atoms with Gasteiger partial charge in [-0.05, 0) is 75.0 Å². The Kier molecular flexibility index (Phi) is 7.90. The summed E-state index contributed by atoms with van der Waals surface area (Å²) >= 11 is 0. The van der Waals surface area contributed by atoms with Crippen molar-refractivity contribution >= 4 is 40.4 Å². The van der Waals surface area contributed by atoms with Crippen molar-refractivity contribution < 1.29 is 24.3 Å². The monoisotopic (exact) mass is 514 g/mol. The van der Waals surface area contributed by atoms with Crippen LogP contribution in [0.3, 0.4) is 0 Å². The zero-order chi connectivity index (χ0) is 27.4. The molecule has 0 aliphatic carbocycles. The van der Waals surface area contributed by atoms with E-state index in [-0.39, 0.29) is 17.4 Å². The van der Waals surface area contributed by atoms with Crippen molar-refractivity contribution in [2.75, 3.05) is 37.9 Å². The summed E-state index contributed by atoms with van der Waals surface area (Å²) in [4.78, 5) is 44.6. The van der Waals surface area contributed by atoms with E-state index >= 15 is 0 Å². The normalized spacial score (nSPS) is 13.7. The maximum Gasteiger partial charge on any atom is 0.336 e. The molecule has 196 valence electrons. The van der Waals surface area contributed by atoms with Crippen LogP contribution in [-0.2, 0) is 9.63 Å². The van der Waals surface area contributed by atoms with Gasteiger partial charge in [0.15, 0.2) is 0 Å². The number of likely N-dealkylation sites (N-methyl/N-ethyl adjacent to an activating group) is 1. The number of hydrogen-bond acceptors (Lipinski definition) is 6. The molecule has 1 aliphatic heterocycles. The Bertz CT molecular complexity index is 1430. The molecule has 3 aromatic rings. The van der Waals surface area contributed by atoms with Gasteiger partial charge >= 0.3 is 5.97 Å². The number of fused-ring (bicyclic) bond motifs is 1. The van der Waals surface area contributed by atoms with Crippen LogP contribution in [0.5, 0.6) is 0 Å². The van der Waals surface area contributed by atoms with Crippen LogP contribution >= 0.6 is 0 Å². The third-order valence-corrected chi connectivity index (χ3v) is 6.20. The van der Waals surface area contributed by atoms with E-state index in [1.54, 1.807) is 25.1 Å². The Hall–Kier alpha value is -4.47. The molecule has 0 bridgehead atoms. The van der Waals surface area contributed by atoms with Gasteiger partial charge in [-0.1, -0.05) is 30.3 Å². The van der Waals surface area contributed by atoms with Gasteiger partial charge in [0.1, 0.15) is 0 Å². The van der Waals surface area contributed by atoms with Crippen molar-refractivity contribution in [2.24, 2.45) is 0 Å². The molecule has 0 unspecified atom stereocenters. The lowest BCUT2D eigenvalue weighted by atomic mass is 9.96. The molecule has 3 aromatic carbocycles. The van der Waals surface area contributed by atoms with Crippen LogP contribution in [-0.4, -0.2) is 55.0 Å². The molecule has 0 radical (unpaired) electrons. The quantitative estimate of drug-likeness (QED) is 0.192. The summed E-state index contributed by atoms with van der Waals surface area (Å²) in [7, 11) is 3.84. The Labute approximate surface area is 221 Å². The minimum Gasteiger partial charge on any atom is -0.478 e. The van der Waals surface area contributed by atoms with Gasteiger partial charge in [-0.25, -0.2) is 10.3 Å². The third-order valence-electron chi connectivity index (χ3n) is 6.20. The average molecular weight is 515 g/mol. The number of anilines is 2. The van der Waals surface area contributed by atoms with Crippen LogP contribution in [0.15, 0.2) is 60.7 Å². The number of carbonyl (C=O) groups excluding carboxylic acids is 2. The number of carboxylic acid groups (broad SMARTS) is 1. The third kappa shape index (κ3) is 5.74.